The second-order valence-electron chi connectivity index (χ2n) is 6.07. The van der Waals surface area contributed by atoms with Crippen molar-refractivity contribution in [1.29, 1.82) is 0 Å². The maximum Gasteiger partial charge on any atom is 0.230 e. The van der Waals surface area contributed by atoms with E-state index in [1.807, 2.05) is 0 Å². The van der Waals surface area contributed by atoms with E-state index in [1.165, 1.54) is 25.7 Å². The van der Waals surface area contributed by atoms with Crippen LogP contribution in [0.5, 0.6) is 0 Å². The average molecular weight is 235 g/mol. The van der Waals surface area contributed by atoms with Gasteiger partial charge in [0.2, 0.25) is 5.89 Å². The summed E-state index contributed by atoms with van der Waals surface area (Å²) in [5.74, 6) is 2.17. The fourth-order valence-electron chi connectivity index (χ4n) is 3.22. The molecule has 0 radical (unpaired) electrons. The van der Waals surface area contributed by atoms with E-state index in [0.717, 1.165) is 24.7 Å². The zero-order valence-corrected chi connectivity index (χ0v) is 10.7. The van der Waals surface area contributed by atoms with Crippen molar-refractivity contribution in [2.24, 2.45) is 5.41 Å². The van der Waals surface area contributed by atoms with Crippen LogP contribution in [0.25, 0.3) is 0 Å². The zero-order chi connectivity index (χ0) is 11.9. The third-order valence-electron chi connectivity index (χ3n) is 4.38. The zero-order valence-electron chi connectivity index (χ0n) is 10.7. The van der Waals surface area contributed by atoms with Crippen molar-refractivity contribution in [3.63, 3.8) is 0 Å². The van der Waals surface area contributed by atoms with Crippen LogP contribution in [0.15, 0.2) is 4.52 Å². The number of nitrogens with one attached hydrogen (secondary N) is 1. The van der Waals surface area contributed by atoms with Gasteiger partial charge in [0.25, 0.3) is 0 Å². The lowest BCUT2D eigenvalue weighted by atomic mass is 9.82. The Morgan fingerprint density at radius 2 is 2.18 bits per heavy atom. The van der Waals surface area contributed by atoms with Gasteiger partial charge in [-0.3, -0.25) is 0 Å². The molecular formula is C13H21N3O. The average Bonchev–Trinajstić information content (AvgIpc) is 2.94. The van der Waals surface area contributed by atoms with Crippen LogP contribution >= 0.6 is 0 Å². The van der Waals surface area contributed by atoms with E-state index >= 15 is 0 Å². The molecule has 17 heavy (non-hydrogen) atoms. The van der Waals surface area contributed by atoms with Gasteiger partial charge >= 0.3 is 0 Å². The van der Waals surface area contributed by atoms with E-state index in [2.05, 4.69) is 29.3 Å². The van der Waals surface area contributed by atoms with E-state index in [9.17, 15) is 0 Å². The van der Waals surface area contributed by atoms with Gasteiger partial charge in [-0.25, -0.2) is 0 Å². The molecule has 1 aromatic heterocycles. The summed E-state index contributed by atoms with van der Waals surface area (Å²) in [5, 5.41) is 7.57. The number of rotatable bonds is 2. The lowest BCUT2D eigenvalue weighted by Gasteiger charge is -2.23. The number of aromatic nitrogens is 2. The number of hydrogen-bond acceptors (Lipinski definition) is 4. The second-order valence-corrected chi connectivity index (χ2v) is 6.07. The number of hydrogen-bond donors (Lipinski definition) is 1. The Morgan fingerprint density at radius 3 is 2.82 bits per heavy atom. The van der Waals surface area contributed by atoms with Crippen LogP contribution in [0, 0.1) is 5.41 Å². The van der Waals surface area contributed by atoms with Crippen LogP contribution in [0.1, 0.15) is 69.6 Å². The van der Waals surface area contributed by atoms with Gasteiger partial charge in [-0.05, 0) is 37.6 Å². The van der Waals surface area contributed by atoms with Crippen molar-refractivity contribution >= 4 is 0 Å². The molecule has 2 atom stereocenters. The van der Waals surface area contributed by atoms with Gasteiger partial charge in [-0.1, -0.05) is 25.4 Å². The molecule has 1 aromatic rings. The molecule has 4 heteroatoms. The largest absolute Gasteiger partial charge is 0.339 e. The van der Waals surface area contributed by atoms with Crippen molar-refractivity contribution in [2.45, 2.75) is 57.9 Å². The minimum Gasteiger partial charge on any atom is -0.339 e. The van der Waals surface area contributed by atoms with Crippen LogP contribution in [0.3, 0.4) is 0 Å². The highest BCUT2D eigenvalue weighted by molar-refractivity contribution is 5.06. The van der Waals surface area contributed by atoms with E-state index in [1.54, 1.807) is 0 Å². The summed E-state index contributed by atoms with van der Waals surface area (Å²) in [6.07, 6.45) is 6.07. The first-order chi connectivity index (χ1) is 8.17. The fraction of sp³-hybridized carbons (Fsp3) is 0.846. The lowest BCUT2D eigenvalue weighted by Crippen LogP contribution is -2.17. The summed E-state index contributed by atoms with van der Waals surface area (Å²) >= 11 is 0. The van der Waals surface area contributed by atoms with Gasteiger partial charge in [0.05, 0.1) is 6.04 Å². The van der Waals surface area contributed by atoms with Gasteiger partial charge in [-0.2, -0.15) is 4.98 Å². The first-order valence-electron chi connectivity index (χ1n) is 6.74. The molecule has 0 amide bonds. The molecule has 4 nitrogen and oxygen atoms in total. The molecule has 2 fully saturated rings. The molecule has 2 unspecified atom stereocenters. The SMILES string of the molecule is CC1(C)CCCC1c1nc(C2CCCN2)no1. The molecule has 1 N–H and O–H groups in total. The molecule has 3 rings (SSSR count). The van der Waals surface area contributed by atoms with Crippen molar-refractivity contribution in [3.8, 4) is 0 Å². The molecule has 1 aliphatic carbocycles. The van der Waals surface area contributed by atoms with Crippen LogP contribution in [0.4, 0.5) is 0 Å². The Labute approximate surface area is 102 Å². The van der Waals surface area contributed by atoms with Crippen molar-refractivity contribution < 1.29 is 4.52 Å². The minimum absolute atomic E-state index is 0.312. The van der Waals surface area contributed by atoms with Gasteiger partial charge in [-0.15, -0.1) is 0 Å². The van der Waals surface area contributed by atoms with E-state index < -0.39 is 0 Å². The summed E-state index contributed by atoms with van der Waals surface area (Å²) in [6, 6.07) is 0.317. The molecule has 2 heterocycles. The Morgan fingerprint density at radius 1 is 1.29 bits per heavy atom. The number of nitrogens with zero attached hydrogens (tertiary/aromatic N) is 2. The molecular weight excluding hydrogens is 214 g/mol. The fourth-order valence-corrected chi connectivity index (χ4v) is 3.22. The molecule has 94 valence electrons. The third kappa shape index (κ3) is 1.99. The summed E-state index contributed by atoms with van der Waals surface area (Å²) in [5.41, 5.74) is 0.312. The van der Waals surface area contributed by atoms with Crippen LogP contribution in [-0.4, -0.2) is 16.7 Å². The molecule has 1 aliphatic heterocycles. The normalized spacial score (nSPS) is 32.1. The molecule has 1 saturated carbocycles. The standard InChI is InChI=1S/C13H21N3O/c1-13(2)7-3-5-9(13)12-15-11(16-17-12)10-6-4-8-14-10/h9-10,14H,3-8H2,1-2H3. The highest BCUT2D eigenvalue weighted by Crippen LogP contribution is 2.48. The molecule has 0 aromatic carbocycles. The monoisotopic (exact) mass is 235 g/mol. The minimum atomic E-state index is 0.312. The molecule has 2 aliphatic rings. The van der Waals surface area contributed by atoms with Gasteiger partial charge in [0, 0.05) is 5.92 Å². The summed E-state index contributed by atoms with van der Waals surface area (Å²) < 4.78 is 5.50. The predicted molar refractivity (Wildman–Crippen MR) is 64.6 cm³/mol. The van der Waals surface area contributed by atoms with E-state index in [-0.39, 0.29) is 0 Å². The highest BCUT2D eigenvalue weighted by Gasteiger charge is 2.39. The van der Waals surface area contributed by atoms with Crippen molar-refractivity contribution in [1.82, 2.24) is 15.5 Å². The highest BCUT2D eigenvalue weighted by atomic mass is 16.5. The Bertz CT molecular complexity index is 393. The first kappa shape index (κ1) is 11.2. The van der Waals surface area contributed by atoms with E-state index in [0.29, 0.717) is 17.4 Å². The van der Waals surface area contributed by atoms with Gasteiger partial charge in [0.1, 0.15) is 0 Å². The van der Waals surface area contributed by atoms with E-state index in [4.69, 9.17) is 4.52 Å². The van der Waals surface area contributed by atoms with Gasteiger partial charge in [0.15, 0.2) is 5.82 Å². The van der Waals surface area contributed by atoms with Crippen LogP contribution in [-0.2, 0) is 0 Å². The second kappa shape index (κ2) is 4.09. The maximum atomic E-state index is 5.50. The Hall–Kier alpha value is -0.900. The topological polar surface area (TPSA) is 51.0 Å². The predicted octanol–water partition coefficient (Wildman–Crippen LogP) is 2.79. The maximum absolute atomic E-state index is 5.50. The first-order valence-corrected chi connectivity index (χ1v) is 6.74. The summed E-state index contributed by atoms with van der Waals surface area (Å²) in [6.45, 7) is 5.69. The van der Waals surface area contributed by atoms with Crippen LogP contribution < -0.4 is 5.32 Å². The summed E-state index contributed by atoms with van der Waals surface area (Å²) in [4.78, 5) is 4.63. The lowest BCUT2D eigenvalue weighted by molar-refractivity contribution is 0.260. The third-order valence-corrected chi connectivity index (χ3v) is 4.38. The quantitative estimate of drug-likeness (QED) is 0.856. The molecule has 0 spiro atoms. The van der Waals surface area contributed by atoms with Crippen molar-refractivity contribution in [2.75, 3.05) is 6.54 Å². The molecule has 0 bridgehead atoms. The van der Waals surface area contributed by atoms with Crippen molar-refractivity contribution in [3.05, 3.63) is 11.7 Å². The van der Waals surface area contributed by atoms with Crippen LogP contribution in [0.2, 0.25) is 0 Å². The Kier molecular flexibility index (Phi) is 2.69. The van der Waals surface area contributed by atoms with Gasteiger partial charge < -0.3 is 9.84 Å². The Balaban J connectivity index is 1.80. The smallest absolute Gasteiger partial charge is 0.230 e. The summed E-state index contributed by atoms with van der Waals surface area (Å²) in [7, 11) is 0. The molecule has 1 saturated heterocycles.